The van der Waals surface area contributed by atoms with Crippen LogP contribution in [0.1, 0.15) is 16.2 Å². The fourth-order valence-corrected chi connectivity index (χ4v) is 1.41. The van der Waals surface area contributed by atoms with Crippen molar-refractivity contribution in [2.75, 3.05) is 5.32 Å². The standard InChI is InChI=1S/C11H7FN6O3/c12-7-1-5(11(20)21)2-8(9(7)19)14-4-6(3-13)10-15-17-18-16-10/h1-2,4,14,19H,(H,20,21)(H,15,16,17,18). The average Bonchev–Trinajstić information content (AvgIpc) is 2.97. The third-order valence-electron chi connectivity index (χ3n) is 2.39. The Balaban J connectivity index is 2.35. The first kappa shape index (κ1) is 13.9. The molecular weight excluding hydrogens is 283 g/mol. The number of benzene rings is 1. The number of halogens is 1. The largest absolute Gasteiger partial charge is 0.503 e. The molecule has 0 spiro atoms. The second-order valence-electron chi connectivity index (χ2n) is 3.71. The van der Waals surface area contributed by atoms with Gasteiger partial charge in [-0.3, -0.25) is 0 Å². The molecule has 0 atom stereocenters. The Labute approximate surface area is 116 Å². The summed E-state index contributed by atoms with van der Waals surface area (Å²) in [7, 11) is 0. The first-order valence-electron chi connectivity index (χ1n) is 5.39. The summed E-state index contributed by atoms with van der Waals surface area (Å²) >= 11 is 0. The van der Waals surface area contributed by atoms with Crippen molar-refractivity contribution in [3.63, 3.8) is 0 Å². The first-order chi connectivity index (χ1) is 10.0. The molecule has 0 radical (unpaired) electrons. The number of nitriles is 1. The molecule has 2 aromatic rings. The maximum Gasteiger partial charge on any atom is 0.335 e. The number of nitrogens with zero attached hydrogens (tertiary/aromatic N) is 4. The minimum atomic E-state index is -1.36. The second kappa shape index (κ2) is 5.66. The summed E-state index contributed by atoms with van der Waals surface area (Å²) in [6.07, 6.45) is 1.09. The quantitative estimate of drug-likeness (QED) is 0.475. The highest BCUT2D eigenvalue weighted by Gasteiger charge is 2.14. The molecule has 2 rings (SSSR count). The number of rotatable bonds is 4. The van der Waals surface area contributed by atoms with Crippen molar-refractivity contribution in [1.82, 2.24) is 20.6 Å². The van der Waals surface area contributed by atoms with Crippen LogP contribution in [0.3, 0.4) is 0 Å². The van der Waals surface area contributed by atoms with Gasteiger partial charge in [0.1, 0.15) is 11.6 Å². The number of hydrogen-bond acceptors (Lipinski definition) is 7. The van der Waals surface area contributed by atoms with Gasteiger partial charge in [-0.15, -0.1) is 10.2 Å². The van der Waals surface area contributed by atoms with E-state index in [-0.39, 0.29) is 22.6 Å². The zero-order valence-corrected chi connectivity index (χ0v) is 10.2. The Hall–Kier alpha value is -3.48. The summed E-state index contributed by atoms with van der Waals surface area (Å²) in [5.41, 5.74) is -0.632. The molecule has 1 aromatic carbocycles. The van der Waals surface area contributed by atoms with Crippen LogP contribution < -0.4 is 5.32 Å². The van der Waals surface area contributed by atoms with Gasteiger partial charge >= 0.3 is 5.97 Å². The normalized spacial score (nSPS) is 11.0. The molecule has 1 aromatic heterocycles. The Bertz CT molecular complexity index is 750. The van der Waals surface area contributed by atoms with Crippen molar-refractivity contribution in [2.24, 2.45) is 0 Å². The van der Waals surface area contributed by atoms with Gasteiger partial charge in [-0.2, -0.15) is 10.5 Å². The van der Waals surface area contributed by atoms with E-state index in [1.54, 1.807) is 6.07 Å². The molecule has 0 aliphatic heterocycles. The molecule has 106 valence electrons. The predicted molar refractivity (Wildman–Crippen MR) is 66.4 cm³/mol. The van der Waals surface area contributed by atoms with Crippen LogP contribution in [0.4, 0.5) is 10.1 Å². The molecule has 4 N–H and O–H groups in total. The molecule has 0 saturated heterocycles. The van der Waals surface area contributed by atoms with E-state index in [2.05, 4.69) is 25.9 Å². The molecule has 0 fully saturated rings. The molecule has 9 nitrogen and oxygen atoms in total. The summed E-state index contributed by atoms with van der Waals surface area (Å²) in [5.74, 6) is -3.26. The summed E-state index contributed by atoms with van der Waals surface area (Å²) in [6, 6.07) is 3.46. The smallest absolute Gasteiger partial charge is 0.335 e. The number of phenols is 1. The minimum Gasteiger partial charge on any atom is -0.503 e. The first-order valence-corrected chi connectivity index (χ1v) is 5.39. The third kappa shape index (κ3) is 2.92. The van der Waals surface area contributed by atoms with Crippen molar-refractivity contribution >= 4 is 17.2 Å². The highest BCUT2D eigenvalue weighted by Crippen LogP contribution is 2.28. The highest BCUT2D eigenvalue weighted by atomic mass is 19.1. The van der Waals surface area contributed by atoms with Crippen LogP contribution in [0.15, 0.2) is 18.3 Å². The van der Waals surface area contributed by atoms with E-state index in [1.165, 1.54) is 0 Å². The number of tetrazole rings is 1. The fourth-order valence-electron chi connectivity index (χ4n) is 1.41. The van der Waals surface area contributed by atoms with Crippen LogP contribution in [0, 0.1) is 17.1 Å². The third-order valence-corrected chi connectivity index (χ3v) is 2.39. The molecule has 0 bridgehead atoms. The van der Waals surface area contributed by atoms with Crippen molar-refractivity contribution in [1.29, 1.82) is 5.26 Å². The van der Waals surface area contributed by atoms with Gasteiger partial charge in [0, 0.05) is 6.20 Å². The Morgan fingerprint density at radius 1 is 1.52 bits per heavy atom. The van der Waals surface area contributed by atoms with Crippen molar-refractivity contribution < 1.29 is 19.4 Å². The fraction of sp³-hybridized carbons (Fsp3) is 0. The Morgan fingerprint density at radius 2 is 2.29 bits per heavy atom. The lowest BCUT2D eigenvalue weighted by atomic mass is 10.1. The van der Waals surface area contributed by atoms with E-state index in [9.17, 15) is 14.3 Å². The van der Waals surface area contributed by atoms with Gasteiger partial charge in [0.05, 0.1) is 11.3 Å². The molecule has 10 heteroatoms. The monoisotopic (exact) mass is 290 g/mol. The van der Waals surface area contributed by atoms with Crippen molar-refractivity contribution in [3.8, 4) is 11.8 Å². The van der Waals surface area contributed by atoms with Gasteiger partial charge in [0.2, 0.25) is 5.82 Å². The summed E-state index contributed by atoms with van der Waals surface area (Å²) in [4.78, 5) is 10.8. The predicted octanol–water partition coefficient (Wildman–Crippen LogP) is 0.719. The van der Waals surface area contributed by atoms with Gasteiger partial charge in [-0.05, 0) is 17.3 Å². The Kier molecular flexibility index (Phi) is 3.76. The van der Waals surface area contributed by atoms with Crippen LogP contribution in [0.25, 0.3) is 5.57 Å². The summed E-state index contributed by atoms with van der Waals surface area (Å²) in [6.45, 7) is 0. The zero-order chi connectivity index (χ0) is 15.4. The number of carboxylic acids is 1. The lowest BCUT2D eigenvalue weighted by Gasteiger charge is -2.07. The SMILES string of the molecule is N#CC(=CNc1cc(C(=O)O)cc(F)c1O)c1nn[nH]n1. The number of nitrogens with one attached hydrogen (secondary N) is 2. The van der Waals surface area contributed by atoms with E-state index in [0.29, 0.717) is 6.07 Å². The van der Waals surface area contributed by atoms with Crippen LogP contribution in [0.2, 0.25) is 0 Å². The number of aromatic hydroxyl groups is 1. The van der Waals surface area contributed by atoms with Gasteiger partial charge in [0.15, 0.2) is 11.6 Å². The molecule has 0 unspecified atom stereocenters. The van der Waals surface area contributed by atoms with E-state index in [0.717, 1.165) is 12.3 Å². The molecule has 21 heavy (non-hydrogen) atoms. The van der Waals surface area contributed by atoms with E-state index in [1.807, 2.05) is 0 Å². The summed E-state index contributed by atoms with van der Waals surface area (Å²) < 4.78 is 13.4. The maximum absolute atomic E-state index is 13.4. The number of hydrogen-bond donors (Lipinski definition) is 4. The van der Waals surface area contributed by atoms with Crippen LogP contribution >= 0.6 is 0 Å². The lowest BCUT2D eigenvalue weighted by Crippen LogP contribution is -2.00. The zero-order valence-electron chi connectivity index (χ0n) is 10.2. The average molecular weight is 290 g/mol. The van der Waals surface area contributed by atoms with Gasteiger partial charge in [-0.1, -0.05) is 0 Å². The van der Waals surface area contributed by atoms with Crippen LogP contribution in [0.5, 0.6) is 5.75 Å². The van der Waals surface area contributed by atoms with E-state index in [4.69, 9.17) is 10.4 Å². The number of carbonyl (C=O) groups is 1. The number of aromatic amines is 1. The number of aromatic nitrogens is 4. The highest BCUT2D eigenvalue weighted by molar-refractivity contribution is 5.90. The van der Waals surface area contributed by atoms with E-state index < -0.39 is 17.5 Å². The molecule has 0 aliphatic carbocycles. The number of H-pyrrole nitrogens is 1. The molecular formula is C11H7FN6O3. The number of allylic oxidation sites excluding steroid dienone is 1. The number of phenolic OH excluding ortho intramolecular Hbond substituents is 1. The molecule has 0 saturated carbocycles. The van der Waals surface area contributed by atoms with Gasteiger partial charge in [0.25, 0.3) is 0 Å². The number of aromatic carboxylic acids is 1. The maximum atomic E-state index is 13.4. The lowest BCUT2D eigenvalue weighted by molar-refractivity contribution is 0.0696. The van der Waals surface area contributed by atoms with Crippen molar-refractivity contribution in [2.45, 2.75) is 0 Å². The molecule has 0 amide bonds. The summed E-state index contributed by atoms with van der Waals surface area (Å²) in [5, 5.41) is 42.3. The van der Waals surface area contributed by atoms with Crippen LogP contribution in [-0.4, -0.2) is 36.8 Å². The second-order valence-corrected chi connectivity index (χ2v) is 3.71. The van der Waals surface area contributed by atoms with Gasteiger partial charge in [-0.25, -0.2) is 9.18 Å². The Morgan fingerprint density at radius 3 is 2.86 bits per heavy atom. The van der Waals surface area contributed by atoms with Gasteiger partial charge < -0.3 is 15.5 Å². The molecule has 1 heterocycles. The minimum absolute atomic E-state index is 0.0145. The number of carboxylic acid groups (broad SMARTS) is 1. The topological polar surface area (TPSA) is 148 Å². The van der Waals surface area contributed by atoms with E-state index >= 15 is 0 Å². The van der Waals surface area contributed by atoms with Crippen LogP contribution in [-0.2, 0) is 0 Å². The molecule has 0 aliphatic rings. The number of anilines is 1. The van der Waals surface area contributed by atoms with Crippen molar-refractivity contribution in [3.05, 3.63) is 35.5 Å².